The van der Waals surface area contributed by atoms with Crippen LogP contribution in [0.25, 0.3) is 27.3 Å². The van der Waals surface area contributed by atoms with Gasteiger partial charge in [-0.05, 0) is 41.7 Å². The van der Waals surface area contributed by atoms with Crippen molar-refractivity contribution >= 4 is 27.2 Å². The van der Waals surface area contributed by atoms with Gasteiger partial charge in [-0.1, -0.05) is 0 Å². The molecule has 0 bridgehead atoms. The fraction of sp³-hybridized carbons (Fsp3) is 0.267. The second kappa shape index (κ2) is 6.41. The topological polar surface area (TPSA) is 147 Å². The number of methoxy groups -OCH3 is 1. The van der Waals surface area contributed by atoms with Crippen LogP contribution in [0, 0.1) is 0 Å². The van der Waals surface area contributed by atoms with Gasteiger partial charge in [0, 0.05) is 16.7 Å². The molecule has 0 amide bonds. The lowest BCUT2D eigenvalue weighted by Crippen LogP contribution is -2.18. The molecule has 0 saturated heterocycles. The molecule has 0 aromatic carbocycles. The van der Waals surface area contributed by atoms with Crippen LogP contribution in [0.15, 0.2) is 35.7 Å². The van der Waals surface area contributed by atoms with E-state index in [4.69, 9.17) is 10.3 Å². The number of pyridine rings is 1. The fourth-order valence-electron chi connectivity index (χ4n) is 2.57. The van der Waals surface area contributed by atoms with Gasteiger partial charge in [0.15, 0.2) is 5.65 Å². The fourth-order valence-corrected chi connectivity index (χ4v) is 3.95. The number of fused-ring (bicyclic) bond motifs is 1. The quantitative estimate of drug-likeness (QED) is 0.391. The predicted molar refractivity (Wildman–Crippen MR) is 97.1 cm³/mol. The molecule has 1 fully saturated rings. The van der Waals surface area contributed by atoms with E-state index in [1.165, 1.54) is 24.0 Å². The summed E-state index contributed by atoms with van der Waals surface area (Å²) in [6.45, 7) is 0. The number of azide groups is 1. The molecule has 0 atom stereocenters. The highest BCUT2D eigenvalue weighted by Crippen LogP contribution is 2.33. The van der Waals surface area contributed by atoms with Crippen molar-refractivity contribution in [1.82, 2.24) is 19.6 Å². The van der Waals surface area contributed by atoms with Crippen LogP contribution in [0.2, 0.25) is 0 Å². The van der Waals surface area contributed by atoms with Crippen LogP contribution < -0.4 is 9.46 Å². The van der Waals surface area contributed by atoms with Gasteiger partial charge < -0.3 is 4.74 Å². The number of rotatable bonds is 6. The van der Waals surface area contributed by atoms with Crippen LogP contribution in [0.3, 0.4) is 0 Å². The predicted octanol–water partition coefficient (Wildman–Crippen LogP) is 2.65. The van der Waals surface area contributed by atoms with E-state index < -0.39 is 10.0 Å². The van der Waals surface area contributed by atoms with Crippen LogP contribution in [-0.2, 0) is 10.0 Å². The third kappa shape index (κ3) is 3.23. The number of aromatic nitrogens is 4. The molecule has 3 aromatic heterocycles. The highest BCUT2D eigenvalue weighted by atomic mass is 32.2. The Kier molecular flexibility index (Phi) is 4.05. The molecule has 138 valence electrons. The summed E-state index contributed by atoms with van der Waals surface area (Å²) in [5.41, 5.74) is 10.4. The molecule has 0 spiro atoms. The number of imidazole rings is 1. The van der Waals surface area contributed by atoms with Gasteiger partial charge in [0.25, 0.3) is 0 Å². The average Bonchev–Trinajstić information content (AvgIpc) is 3.45. The van der Waals surface area contributed by atoms with Crippen molar-refractivity contribution in [3.05, 3.63) is 41.0 Å². The van der Waals surface area contributed by atoms with Gasteiger partial charge in [0.2, 0.25) is 15.9 Å². The molecule has 11 nitrogen and oxygen atoms in total. The third-order valence-electron chi connectivity index (χ3n) is 4.05. The Bertz CT molecular complexity index is 1180. The first-order chi connectivity index (χ1) is 13.0. The molecular weight excluding hydrogens is 372 g/mol. The molecular formula is C15H14N8O3S. The number of hydrogen-bond donors (Lipinski definition) is 1. The number of ether oxygens (including phenoxy) is 1. The maximum atomic E-state index is 12.3. The van der Waals surface area contributed by atoms with E-state index in [1.807, 2.05) is 0 Å². The Morgan fingerprint density at radius 2 is 2.15 bits per heavy atom. The molecule has 0 aliphatic heterocycles. The molecule has 4 rings (SSSR count). The molecule has 0 unspecified atom stereocenters. The summed E-state index contributed by atoms with van der Waals surface area (Å²) in [4.78, 5) is 11.0. The minimum atomic E-state index is -3.47. The number of hydrogen-bond acceptors (Lipinski definition) is 7. The van der Waals surface area contributed by atoms with Crippen LogP contribution >= 0.6 is 0 Å². The molecule has 0 radical (unpaired) electrons. The van der Waals surface area contributed by atoms with E-state index in [9.17, 15) is 8.42 Å². The van der Waals surface area contributed by atoms with E-state index >= 15 is 0 Å². The number of nitrogens with zero attached hydrogens (tertiary/aromatic N) is 7. The SMILES string of the molecule is COc1ncc(-c2ccc3ncc(N=[N+]=[N-])n3n2)cc1NS(=O)(=O)C1CC1. The summed E-state index contributed by atoms with van der Waals surface area (Å²) in [6.07, 6.45) is 4.22. The third-order valence-corrected chi connectivity index (χ3v) is 5.90. The minimum absolute atomic E-state index is 0.168. The van der Waals surface area contributed by atoms with Gasteiger partial charge in [-0.3, -0.25) is 4.72 Å². The van der Waals surface area contributed by atoms with Gasteiger partial charge in [-0.2, -0.15) is 5.10 Å². The van der Waals surface area contributed by atoms with Gasteiger partial charge in [-0.25, -0.2) is 22.9 Å². The molecule has 1 N–H and O–H groups in total. The van der Waals surface area contributed by atoms with E-state index in [2.05, 4.69) is 29.8 Å². The number of anilines is 1. The van der Waals surface area contributed by atoms with E-state index in [0.717, 1.165) is 0 Å². The summed E-state index contributed by atoms with van der Waals surface area (Å²) in [7, 11) is -2.06. The molecule has 3 aromatic rings. The van der Waals surface area contributed by atoms with Crippen molar-refractivity contribution in [2.24, 2.45) is 5.11 Å². The van der Waals surface area contributed by atoms with Gasteiger partial charge in [-0.15, -0.1) is 0 Å². The normalized spacial score (nSPS) is 14.0. The lowest BCUT2D eigenvalue weighted by molar-refractivity contribution is 0.400. The number of nitrogens with one attached hydrogen (secondary N) is 1. The van der Waals surface area contributed by atoms with Crippen molar-refractivity contribution in [1.29, 1.82) is 0 Å². The smallest absolute Gasteiger partial charge is 0.238 e. The maximum Gasteiger partial charge on any atom is 0.238 e. The lowest BCUT2D eigenvalue weighted by atomic mass is 10.2. The second-order valence-corrected chi connectivity index (χ2v) is 7.88. The first-order valence-corrected chi connectivity index (χ1v) is 9.52. The molecule has 3 heterocycles. The monoisotopic (exact) mass is 386 g/mol. The van der Waals surface area contributed by atoms with Crippen molar-refractivity contribution < 1.29 is 13.2 Å². The Balaban J connectivity index is 1.77. The van der Waals surface area contributed by atoms with Gasteiger partial charge in [0.1, 0.15) is 11.5 Å². The molecule has 12 heteroatoms. The Morgan fingerprint density at radius 3 is 2.85 bits per heavy atom. The summed E-state index contributed by atoms with van der Waals surface area (Å²) < 4.78 is 33.6. The van der Waals surface area contributed by atoms with Crippen LogP contribution in [-0.4, -0.2) is 40.4 Å². The van der Waals surface area contributed by atoms with Crippen LogP contribution in [0.5, 0.6) is 5.88 Å². The molecule has 1 saturated carbocycles. The second-order valence-electron chi connectivity index (χ2n) is 5.92. The first-order valence-electron chi connectivity index (χ1n) is 7.98. The van der Waals surface area contributed by atoms with Gasteiger partial charge >= 0.3 is 0 Å². The largest absolute Gasteiger partial charge is 0.480 e. The lowest BCUT2D eigenvalue weighted by Gasteiger charge is -2.12. The molecule has 27 heavy (non-hydrogen) atoms. The van der Waals surface area contributed by atoms with Crippen molar-refractivity contribution in [3.63, 3.8) is 0 Å². The molecule has 1 aliphatic carbocycles. The van der Waals surface area contributed by atoms with Gasteiger partial charge in [0.05, 0.1) is 24.3 Å². The summed E-state index contributed by atoms with van der Waals surface area (Å²) in [6, 6.07) is 5.02. The van der Waals surface area contributed by atoms with Crippen molar-refractivity contribution in [3.8, 4) is 17.1 Å². The Morgan fingerprint density at radius 1 is 1.33 bits per heavy atom. The minimum Gasteiger partial charge on any atom is -0.480 e. The Labute approximate surface area is 153 Å². The zero-order chi connectivity index (χ0) is 19.0. The molecule has 1 aliphatic rings. The zero-order valence-corrected chi connectivity index (χ0v) is 15.0. The van der Waals surface area contributed by atoms with E-state index in [0.29, 0.717) is 29.7 Å². The number of sulfonamides is 1. The summed E-state index contributed by atoms with van der Waals surface area (Å²) >= 11 is 0. The van der Waals surface area contributed by atoms with Crippen LogP contribution in [0.1, 0.15) is 12.8 Å². The van der Waals surface area contributed by atoms with Crippen LogP contribution in [0.4, 0.5) is 11.5 Å². The average molecular weight is 386 g/mol. The zero-order valence-electron chi connectivity index (χ0n) is 14.1. The van der Waals surface area contributed by atoms with Crippen molar-refractivity contribution in [2.75, 3.05) is 11.8 Å². The maximum absolute atomic E-state index is 12.3. The highest BCUT2D eigenvalue weighted by Gasteiger charge is 2.36. The standard InChI is InChI=1S/C15H14N8O3S/c1-26-15-12(21-27(24,25)10-2-3-10)6-9(7-18-15)11-4-5-13-17-8-14(19-22-16)23(13)20-11/h4-8,10,21H,2-3H2,1H3. The summed E-state index contributed by atoms with van der Waals surface area (Å²) in [5, 5.41) is 7.56. The van der Waals surface area contributed by atoms with E-state index in [-0.39, 0.29) is 22.6 Å². The highest BCUT2D eigenvalue weighted by molar-refractivity contribution is 7.93. The summed E-state index contributed by atoms with van der Waals surface area (Å²) in [5.74, 6) is 0.409. The first kappa shape index (κ1) is 17.1. The van der Waals surface area contributed by atoms with Crippen molar-refractivity contribution in [2.45, 2.75) is 18.1 Å². The Hall–Kier alpha value is -3.37. The van der Waals surface area contributed by atoms with E-state index in [1.54, 1.807) is 18.2 Å².